The van der Waals surface area contributed by atoms with Gasteiger partial charge in [-0.1, -0.05) is 81.4 Å². The number of anilines is 1. The Morgan fingerprint density at radius 2 is 1.50 bits per heavy atom. The summed E-state index contributed by atoms with van der Waals surface area (Å²) in [7, 11) is 0. The first kappa shape index (κ1) is 25.5. The molecule has 0 amide bonds. The van der Waals surface area contributed by atoms with Crippen LogP contribution in [0.4, 0.5) is 5.69 Å². The molecular weight excluding hydrogens is 444 g/mol. The predicted molar refractivity (Wildman–Crippen MR) is 149 cm³/mol. The van der Waals surface area contributed by atoms with Gasteiger partial charge in [0.2, 0.25) is 0 Å². The number of aromatic nitrogens is 3. The molecule has 0 saturated carbocycles. The molecule has 0 aliphatic rings. The molecule has 0 atom stereocenters. The van der Waals surface area contributed by atoms with Crippen molar-refractivity contribution in [3.8, 4) is 11.1 Å². The highest BCUT2D eigenvalue weighted by molar-refractivity contribution is 5.69. The molecule has 5 heteroatoms. The molecule has 2 N–H and O–H groups in total. The van der Waals surface area contributed by atoms with Crippen LogP contribution in [0.15, 0.2) is 71.5 Å². The molecular formula is C31H38N4O. The van der Waals surface area contributed by atoms with Crippen molar-refractivity contribution in [2.24, 2.45) is 0 Å². The average molecular weight is 483 g/mol. The molecule has 1 aromatic heterocycles. The third kappa shape index (κ3) is 5.78. The zero-order valence-corrected chi connectivity index (χ0v) is 22.2. The normalized spacial score (nSPS) is 11.7. The highest BCUT2D eigenvalue weighted by Gasteiger charge is 2.15. The molecule has 0 aliphatic carbocycles. The first-order valence-corrected chi connectivity index (χ1v) is 12.9. The van der Waals surface area contributed by atoms with E-state index in [2.05, 4.69) is 81.4 Å². The number of nitrogens with zero attached hydrogens (tertiary/aromatic N) is 3. The van der Waals surface area contributed by atoms with Crippen LogP contribution in [0.5, 0.6) is 0 Å². The molecule has 1 heterocycles. The highest BCUT2D eigenvalue weighted by Crippen LogP contribution is 2.25. The van der Waals surface area contributed by atoms with E-state index in [4.69, 9.17) is 10.8 Å². The van der Waals surface area contributed by atoms with Crippen LogP contribution >= 0.6 is 0 Å². The maximum Gasteiger partial charge on any atom is 0.346 e. The summed E-state index contributed by atoms with van der Waals surface area (Å²) >= 11 is 0. The van der Waals surface area contributed by atoms with Gasteiger partial charge in [0.1, 0.15) is 5.82 Å². The van der Waals surface area contributed by atoms with Gasteiger partial charge < -0.3 is 5.73 Å². The Kier molecular flexibility index (Phi) is 7.48. The lowest BCUT2D eigenvalue weighted by molar-refractivity contribution is 0.588. The second kappa shape index (κ2) is 10.6. The van der Waals surface area contributed by atoms with Gasteiger partial charge in [-0.2, -0.15) is 5.10 Å². The van der Waals surface area contributed by atoms with Gasteiger partial charge in [0.05, 0.1) is 6.54 Å². The first-order valence-electron chi connectivity index (χ1n) is 12.9. The molecule has 0 aliphatic heterocycles. The molecule has 188 valence electrons. The average Bonchev–Trinajstić information content (AvgIpc) is 3.15. The second-order valence-corrected chi connectivity index (χ2v) is 10.7. The number of hydrogen-bond donors (Lipinski definition) is 1. The van der Waals surface area contributed by atoms with Crippen LogP contribution in [-0.4, -0.2) is 14.3 Å². The molecule has 3 aromatic carbocycles. The van der Waals surface area contributed by atoms with Crippen molar-refractivity contribution in [2.75, 3.05) is 5.73 Å². The van der Waals surface area contributed by atoms with Crippen molar-refractivity contribution >= 4 is 5.69 Å². The lowest BCUT2D eigenvalue weighted by Gasteiger charge is -2.19. The van der Waals surface area contributed by atoms with Crippen LogP contribution in [-0.2, 0) is 31.3 Å². The number of hydrogen-bond acceptors (Lipinski definition) is 3. The third-order valence-electron chi connectivity index (χ3n) is 6.90. The van der Waals surface area contributed by atoms with E-state index in [-0.39, 0.29) is 11.1 Å². The van der Waals surface area contributed by atoms with Gasteiger partial charge in [-0.3, -0.25) is 4.57 Å². The second-order valence-electron chi connectivity index (χ2n) is 10.7. The van der Waals surface area contributed by atoms with E-state index in [9.17, 15) is 4.79 Å². The van der Waals surface area contributed by atoms with Gasteiger partial charge in [0, 0.05) is 18.7 Å². The van der Waals surface area contributed by atoms with Crippen LogP contribution in [0.25, 0.3) is 11.1 Å². The largest absolute Gasteiger partial charge is 0.398 e. The Labute approximate surface area is 214 Å². The Morgan fingerprint density at radius 1 is 0.861 bits per heavy atom. The molecule has 0 bridgehead atoms. The van der Waals surface area contributed by atoms with Crippen molar-refractivity contribution in [1.29, 1.82) is 0 Å². The summed E-state index contributed by atoms with van der Waals surface area (Å²) in [6, 6.07) is 23.4. The minimum atomic E-state index is -0.0332. The Bertz CT molecular complexity index is 1370. The highest BCUT2D eigenvalue weighted by atomic mass is 16.2. The van der Waals surface area contributed by atoms with Gasteiger partial charge in [0.25, 0.3) is 0 Å². The summed E-state index contributed by atoms with van der Waals surface area (Å²) < 4.78 is 3.40. The van der Waals surface area contributed by atoms with E-state index >= 15 is 0 Å². The number of rotatable bonds is 8. The summed E-state index contributed by atoms with van der Waals surface area (Å²) in [4.78, 5) is 13.0. The molecule has 4 aromatic rings. The zero-order valence-electron chi connectivity index (χ0n) is 22.2. The van der Waals surface area contributed by atoms with E-state index in [0.717, 1.165) is 47.5 Å². The van der Waals surface area contributed by atoms with Crippen molar-refractivity contribution in [3.05, 3.63) is 105 Å². The molecule has 0 spiro atoms. The summed E-state index contributed by atoms with van der Waals surface area (Å²) in [6.45, 7) is 11.8. The molecule has 0 fully saturated rings. The minimum absolute atomic E-state index is 0.0332. The number of benzene rings is 3. The Balaban J connectivity index is 1.40. The fraction of sp³-hybridized carbons (Fsp3) is 0.355. The van der Waals surface area contributed by atoms with Crippen LogP contribution in [0, 0.1) is 6.92 Å². The lowest BCUT2D eigenvalue weighted by Crippen LogP contribution is -2.25. The summed E-state index contributed by atoms with van der Waals surface area (Å²) in [6.07, 6.45) is 2.65. The lowest BCUT2D eigenvalue weighted by atomic mass is 9.87. The fourth-order valence-corrected chi connectivity index (χ4v) is 4.51. The van der Waals surface area contributed by atoms with E-state index in [0.29, 0.717) is 13.1 Å². The topological polar surface area (TPSA) is 65.8 Å². The number of aryl methyl sites for hydroxylation is 3. The summed E-state index contributed by atoms with van der Waals surface area (Å²) in [5, 5.41) is 4.70. The van der Waals surface area contributed by atoms with Crippen molar-refractivity contribution < 1.29 is 0 Å². The van der Waals surface area contributed by atoms with Crippen LogP contribution in [0.3, 0.4) is 0 Å². The molecule has 5 nitrogen and oxygen atoms in total. The fourth-order valence-electron chi connectivity index (χ4n) is 4.51. The van der Waals surface area contributed by atoms with Gasteiger partial charge >= 0.3 is 5.69 Å². The first-order chi connectivity index (χ1) is 17.2. The molecule has 0 saturated heterocycles. The summed E-state index contributed by atoms with van der Waals surface area (Å²) in [5.41, 5.74) is 14.0. The maximum absolute atomic E-state index is 13.0. The smallest absolute Gasteiger partial charge is 0.346 e. The molecule has 0 radical (unpaired) electrons. The predicted octanol–water partition coefficient (Wildman–Crippen LogP) is 6.14. The third-order valence-corrected chi connectivity index (χ3v) is 6.90. The maximum atomic E-state index is 13.0. The molecule has 36 heavy (non-hydrogen) atoms. The van der Waals surface area contributed by atoms with E-state index in [1.165, 1.54) is 16.7 Å². The number of nitrogens with two attached hydrogens (primary N) is 1. The van der Waals surface area contributed by atoms with Crippen molar-refractivity contribution in [2.45, 2.75) is 72.4 Å². The van der Waals surface area contributed by atoms with Gasteiger partial charge in [-0.25, -0.2) is 9.48 Å². The number of nitrogen functional groups attached to an aromatic ring is 1. The van der Waals surface area contributed by atoms with Crippen molar-refractivity contribution in [3.63, 3.8) is 0 Å². The van der Waals surface area contributed by atoms with Crippen LogP contribution < -0.4 is 11.4 Å². The van der Waals surface area contributed by atoms with Crippen LogP contribution in [0.2, 0.25) is 0 Å². The van der Waals surface area contributed by atoms with Gasteiger partial charge in [-0.15, -0.1) is 0 Å². The van der Waals surface area contributed by atoms with Gasteiger partial charge in [-0.05, 0) is 71.6 Å². The van der Waals surface area contributed by atoms with Gasteiger partial charge in [0.15, 0.2) is 0 Å². The quantitative estimate of drug-likeness (QED) is 0.307. The Hall–Kier alpha value is -3.60. The zero-order chi connectivity index (χ0) is 25.9. The minimum Gasteiger partial charge on any atom is -0.398 e. The standard InChI is InChI=1S/C31H38N4O/c1-6-34-29(33-35(30(34)36)21-24-13-18-27(19-14-24)31(3,4)5)9-7-8-23-11-16-25(17-12-23)26-15-10-22(2)28(32)20-26/h10-20H,6-9,21,32H2,1-5H3. The summed E-state index contributed by atoms with van der Waals surface area (Å²) in [5.74, 6) is 0.862. The Morgan fingerprint density at radius 3 is 2.11 bits per heavy atom. The molecule has 4 rings (SSSR count). The van der Waals surface area contributed by atoms with E-state index in [1.807, 2.05) is 19.9 Å². The van der Waals surface area contributed by atoms with Crippen molar-refractivity contribution in [1.82, 2.24) is 14.3 Å². The molecule has 0 unspecified atom stereocenters. The van der Waals surface area contributed by atoms with Crippen LogP contribution in [0.1, 0.15) is 62.2 Å². The monoisotopic (exact) mass is 482 g/mol. The van der Waals surface area contributed by atoms with E-state index in [1.54, 1.807) is 9.25 Å². The SMILES string of the molecule is CCn1c(CCCc2ccc(-c3ccc(C)c(N)c3)cc2)nn(Cc2ccc(C(C)(C)C)cc2)c1=O. The van der Waals surface area contributed by atoms with E-state index < -0.39 is 0 Å².